The summed E-state index contributed by atoms with van der Waals surface area (Å²) in [6, 6.07) is 0. The fourth-order valence-corrected chi connectivity index (χ4v) is 4.37. The van der Waals surface area contributed by atoms with E-state index >= 15 is 0 Å². The Morgan fingerprint density at radius 3 is 2.52 bits per heavy atom. The van der Waals surface area contributed by atoms with E-state index in [-0.39, 0.29) is 0 Å². The fourth-order valence-electron chi connectivity index (χ4n) is 3.47. The molecule has 0 saturated heterocycles. The van der Waals surface area contributed by atoms with E-state index in [0.717, 1.165) is 64.3 Å². The van der Waals surface area contributed by atoms with Crippen LogP contribution in [0.4, 0.5) is 5.82 Å². The molecule has 0 bridgehead atoms. The molecule has 0 aliphatic heterocycles. The number of nitrogens with zero attached hydrogens (tertiary/aromatic N) is 5. The Bertz CT molecular complexity index is 977. The molecule has 6 heteroatoms. The van der Waals surface area contributed by atoms with Crippen molar-refractivity contribution in [2.75, 3.05) is 18.5 Å². The SMILES string of the molecule is CCCn1cc(C)c2nc(-c3cnc(N(C)CC)c(Br)c3CC)c(C)nc21. The van der Waals surface area contributed by atoms with Gasteiger partial charge in [0.25, 0.3) is 0 Å². The third kappa shape index (κ3) is 3.47. The third-order valence-corrected chi connectivity index (χ3v) is 5.89. The summed E-state index contributed by atoms with van der Waals surface area (Å²) in [6.45, 7) is 12.5. The number of aromatic nitrogens is 4. The largest absolute Gasteiger partial charge is 0.359 e. The van der Waals surface area contributed by atoms with Gasteiger partial charge in [-0.25, -0.2) is 15.0 Å². The predicted octanol–water partition coefficient (Wildman–Crippen LogP) is 5.30. The Kier molecular flexibility index (Phi) is 5.84. The van der Waals surface area contributed by atoms with Crippen LogP contribution in [0.15, 0.2) is 16.9 Å². The summed E-state index contributed by atoms with van der Waals surface area (Å²) in [7, 11) is 2.06. The molecule has 0 aromatic carbocycles. The Morgan fingerprint density at radius 2 is 1.89 bits per heavy atom. The summed E-state index contributed by atoms with van der Waals surface area (Å²) in [5.41, 5.74) is 7.28. The third-order valence-electron chi connectivity index (χ3n) is 5.06. The van der Waals surface area contributed by atoms with Gasteiger partial charge in [0.05, 0.1) is 15.9 Å². The molecule has 0 spiro atoms. The average Bonchev–Trinajstić information content (AvgIpc) is 2.95. The van der Waals surface area contributed by atoms with Gasteiger partial charge in [-0.05, 0) is 60.7 Å². The number of anilines is 1. The van der Waals surface area contributed by atoms with Gasteiger partial charge in [0, 0.05) is 38.1 Å². The molecule has 0 unspecified atom stereocenters. The van der Waals surface area contributed by atoms with Crippen LogP contribution in [0.1, 0.15) is 44.0 Å². The van der Waals surface area contributed by atoms with Gasteiger partial charge >= 0.3 is 0 Å². The van der Waals surface area contributed by atoms with E-state index in [0.29, 0.717) is 0 Å². The van der Waals surface area contributed by atoms with Gasteiger partial charge in [-0.3, -0.25) is 0 Å². The van der Waals surface area contributed by atoms with Crippen LogP contribution in [0, 0.1) is 13.8 Å². The monoisotopic (exact) mass is 429 g/mol. The second-order valence-corrected chi connectivity index (χ2v) is 7.78. The van der Waals surface area contributed by atoms with Crippen molar-refractivity contribution in [2.45, 2.75) is 54.0 Å². The lowest BCUT2D eigenvalue weighted by molar-refractivity contribution is 0.695. The zero-order valence-electron chi connectivity index (χ0n) is 17.1. The van der Waals surface area contributed by atoms with Gasteiger partial charge in [-0.2, -0.15) is 0 Å². The Morgan fingerprint density at radius 1 is 1.15 bits per heavy atom. The lowest BCUT2D eigenvalue weighted by Gasteiger charge is -2.21. The molecule has 3 rings (SSSR count). The second kappa shape index (κ2) is 7.97. The first-order chi connectivity index (χ1) is 12.9. The average molecular weight is 430 g/mol. The molecule has 0 radical (unpaired) electrons. The van der Waals surface area contributed by atoms with E-state index in [4.69, 9.17) is 15.0 Å². The number of hydrogen-bond acceptors (Lipinski definition) is 4. The van der Waals surface area contributed by atoms with Crippen LogP contribution in [0.25, 0.3) is 22.4 Å². The minimum atomic E-state index is 0.901. The van der Waals surface area contributed by atoms with Crippen molar-refractivity contribution in [1.82, 2.24) is 19.5 Å². The molecule has 0 N–H and O–H groups in total. The van der Waals surface area contributed by atoms with E-state index in [1.54, 1.807) is 0 Å². The number of aryl methyl sites for hydroxylation is 3. The second-order valence-electron chi connectivity index (χ2n) is 6.99. The summed E-state index contributed by atoms with van der Waals surface area (Å²) in [5, 5.41) is 0. The summed E-state index contributed by atoms with van der Waals surface area (Å²) in [5.74, 6) is 0.968. The number of hydrogen-bond donors (Lipinski definition) is 0. The molecule has 5 nitrogen and oxygen atoms in total. The highest BCUT2D eigenvalue weighted by molar-refractivity contribution is 9.10. The minimum Gasteiger partial charge on any atom is -0.359 e. The molecule has 0 saturated carbocycles. The highest BCUT2D eigenvalue weighted by atomic mass is 79.9. The first-order valence-corrected chi connectivity index (χ1v) is 10.4. The maximum atomic E-state index is 5.03. The smallest absolute Gasteiger partial charge is 0.159 e. The quantitative estimate of drug-likeness (QED) is 0.532. The van der Waals surface area contributed by atoms with Crippen molar-refractivity contribution in [1.29, 1.82) is 0 Å². The number of fused-ring (bicyclic) bond motifs is 1. The van der Waals surface area contributed by atoms with Gasteiger partial charge in [0.1, 0.15) is 11.3 Å². The van der Waals surface area contributed by atoms with E-state index in [1.165, 1.54) is 11.1 Å². The molecule has 3 aromatic heterocycles. The van der Waals surface area contributed by atoms with Crippen LogP contribution < -0.4 is 4.90 Å². The van der Waals surface area contributed by atoms with Crippen LogP contribution in [-0.2, 0) is 13.0 Å². The maximum absolute atomic E-state index is 5.03. The van der Waals surface area contributed by atoms with Crippen LogP contribution in [-0.4, -0.2) is 33.1 Å². The van der Waals surface area contributed by atoms with Gasteiger partial charge in [0.15, 0.2) is 5.65 Å². The standard InChI is InChI=1S/C21H28BrN5/c1-7-10-27-12-13(4)18-21(27)24-14(5)19(25-18)16-11-23-20(26(6)9-3)17(22)15(16)8-2/h11-12H,7-10H2,1-6H3. The Labute approximate surface area is 170 Å². The van der Waals surface area contributed by atoms with Crippen molar-refractivity contribution in [2.24, 2.45) is 0 Å². The highest BCUT2D eigenvalue weighted by Crippen LogP contribution is 2.36. The van der Waals surface area contributed by atoms with Crippen molar-refractivity contribution < 1.29 is 0 Å². The van der Waals surface area contributed by atoms with Gasteiger partial charge in [-0.15, -0.1) is 0 Å². The van der Waals surface area contributed by atoms with Crippen molar-refractivity contribution in [3.8, 4) is 11.3 Å². The molecule has 0 fully saturated rings. The van der Waals surface area contributed by atoms with Crippen LogP contribution in [0.2, 0.25) is 0 Å². The molecule has 0 atom stereocenters. The van der Waals surface area contributed by atoms with Crippen LogP contribution in [0.5, 0.6) is 0 Å². The van der Waals surface area contributed by atoms with Crippen LogP contribution in [0.3, 0.4) is 0 Å². The number of halogens is 1. The molecule has 144 valence electrons. The molecule has 0 aliphatic carbocycles. The van der Waals surface area contributed by atoms with E-state index in [2.05, 4.69) is 66.3 Å². The van der Waals surface area contributed by atoms with Gasteiger partial charge < -0.3 is 9.47 Å². The maximum Gasteiger partial charge on any atom is 0.159 e. The molecular formula is C21H28BrN5. The van der Waals surface area contributed by atoms with Crippen molar-refractivity contribution >= 4 is 32.9 Å². The highest BCUT2D eigenvalue weighted by Gasteiger charge is 2.19. The van der Waals surface area contributed by atoms with Crippen molar-refractivity contribution in [3.05, 3.63) is 33.7 Å². The molecule has 0 aliphatic rings. The zero-order valence-corrected chi connectivity index (χ0v) is 18.7. The van der Waals surface area contributed by atoms with E-state index in [9.17, 15) is 0 Å². The summed E-state index contributed by atoms with van der Waals surface area (Å²) < 4.78 is 3.26. The summed E-state index contributed by atoms with van der Waals surface area (Å²) in [6.07, 6.45) is 6.09. The first-order valence-electron chi connectivity index (χ1n) is 9.65. The van der Waals surface area contributed by atoms with Crippen LogP contribution >= 0.6 is 15.9 Å². The minimum absolute atomic E-state index is 0.901. The first kappa shape index (κ1) is 19.8. The normalized spacial score (nSPS) is 11.4. The molecule has 3 aromatic rings. The molecule has 27 heavy (non-hydrogen) atoms. The van der Waals surface area contributed by atoms with E-state index < -0.39 is 0 Å². The fraction of sp³-hybridized carbons (Fsp3) is 0.476. The number of rotatable bonds is 6. The topological polar surface area (TPSA) is 46.8 Å². The van der Waals surface area contributed by atoms with Gasteiger partial charge in [0.2, 0.25) is 0 Å². The molecular weight excluding hydrogens is 402 g/mol. The zero-order chi connectivity index (χ0) is 19.7. The summed E-state index contributed by atoms with van der Waals surface area (Å²) >= 11 is 3.79. The molecule has 3 heterocycles. The lowest BCUT2D eigenvalue weighted by Crippen LogP contribution is -2.18. The predicted molar refractivity (Wildman–Crippen MR) is 117 cm³/mol. The molecule has 0 amide bonds. The van der Waals surface area contributed by atoms with Crippen molar-refractivity contribution in [3.63, 3.8) is 0 Å². The van der Waals surface area contributed by atoms with E-state index in [1.807, 2.05) is 13.1 Å². The summed E-state index contributed by atoms with van der Waals surface area (Å²) in [4.78, 5) is 16.8. The number of pyridine rings is 1. The van der Waals surface area contributed by atoms with Gasteiger partial charge in [-0.1, -0.05) is 13.8 Å². The Hall–Kier alpha value is -1.95. The Balaban J connectivity index is 2.22. The lowest BCUT2D eigenvalue weighted by atomic mass is 10.0.